The molecule has 0 aromatic heterocycles. The molecule has 0 bridgehead atoms. The number of ketones is 1. The van der Waals surface area contributed by atoms with Crippen molar-refractivity contribution in [2.45, 2.75) is 31.9 Å². The van der Waals surface area contributed by atoms with E-state index in [1.807, 2.05) is 0 Å². The van der Waals surface area contributed by atoms with Gasteiger partial charge in [0.15, 0.2) is 0 Å². The summed E-state index contributed by atoms with van der Waals surface area (Å²) < 4.78 is 43.5. The smallest absolute Gasteiger partial charge is 0.364 e. The summed E-state index contributed by atoms with van der Waals surface area (Å²) >= 11 is 0. The maximum absolute atomic E-state index is 13.0. The number of carbonyl (C=O) groups excluding carboxylic acids is 2. The highest BCUT2D eigenvalue weighted by atomic mass is 19.4. The molecule has 0 aromatic rings. The van der Waals surface area contributed by atoms with Gasteiger partial charge in [-0.2, -0.15) is 13.2 Å². The topological polar surface area (TPSA) is 55.4 Å². The minimum Gasteiger partial charge on any atom is -0.364 e. The van der Waals surface area contributed by atoms with Crippen molar-refractivity contribution in [3.8, 4) is 0 Å². The average Bonchev–Trinajstić information content (AvgIpc) is 2.25. The molecule has 1 rings (SSSR count). The minimum atomic E-state index is -4.65. The van der Waals surface area contributed by atoms with Crippen LogP contribution in [-0.4, -0.2) is 31.7 Å². The van der Waals surface area contributed by atoms with Crippen LogP contribution in [0.2, 0.25) is 0 Å². The van der Waals surface area contributed by atoms with Gasteiger partial charge in [0.25, 0.3) is 0 Å². The highest BCUT2D eigenvalue weighted by molar-refractivity contribution is 5.87. The molecule has 0 aliphatic heterocycles. The predicted molar refractivity (Wildman–Crippen MR) is 52.0 cm³/mol. The molecule has 4 nitrogen and oxygen atoms in total. The molecular formula is C10H14F3NO3. The van der Waals surface area contributed by atoms with Gasteiger partial charge in [-0.1, -0.05) is 0 Å². The number of hydrogen-bond donors (Lipinski definition) is 1. The molecule has 98 valence electrons. The lowest BCUT2D eigenvalue weighted by Gasteiger charge is -2.36. The Morgan fingerprint density at radius 1 is 1.41 bits per heavy atom. The average molecular weight is 253 g/mol. The standard InChI is InChI=1S/C10H14F3NO3/c1-17-6-14-8(16)9(10(11,12)13)4-2-7(15)3-5-9/h2-6H2,1H3,(H,14,16). The van der Waals surface area contributed by atoms with Crippen molar-refractivity contribution in [2.24, 2.45) is 5.41 Å². The molecule has 1 aliphatic rings. The van der Waals surface area contributed by atoms with Crippen LogP contribution in [0.15, 0.2) is 0 Å². The number of ether oxygens (including phenoxy) is 1. The highest BCUT2D eigenvalue weighted by Gasteiger charge is 2.60. The third-order valence-electron chi connectivity index (χ3n) is 3.02. The Morgan fingerprint density at radius 2 is 1.94 bits per heavy atom. The first kappa shape index (κ1) is 14.0. The van der Waals surface area contributed by atoms with E-state index in [4.69, 9.17) is 0 Å². The molecule has 0 saturated heterocycles. The van der Waals surface area contributed by atoms with E-state index < -0.39 is 30.3 Å². The summed E-state index contributed by atoms with van der Waals surface area (Å²) in [5, 5.41) is 2.07. The molecular weight excluding hydrogens is 239 g/mol. The van der Waals surface area contributed by atoms with Gasteiger partial charge < -0.3 is 10.1 Å². The number of methoxy groups -OCH3 is 1. The summed E-state index contributed by atoms with van der Waals surface area (Å²) in [5.74, 6) is -1.34. The van der Waals surface area contributed by atoms with Gasteiger partial charge in [0, 0.05) is 20.0 Å². The Hall–Kier alpha value is -1.11. The van der Waals surface area contributed by atoms with Gasteiger partial charge in [0.2, 0.25) is 5.91 Å². The molecule has 1 fully saturated rings. The first-order valence-corrected chi connectivity index (χ1v) is 5.19. The fourth-order valence-electron chi connectivity index (χ4n) is 1.90. The molecule has 0 radical (unpaired) electrons. The van der Waals surface area contributed by atoms with E-state index >= 15 is 0 Å². The van der Waals surface area contributed by atoms with Crippen molar-refractivity contribution >= 4 is 11.7 Å². The van der Waals surface area contributed by atoms with Crippen LogP contribution in [0.3, 0.4) is 0 Å². The summed E-state index contributed by atoms with van der Waals surface area (Å²) in [6, 6.07) is 0. The zero-order valence-electron chi connectivity index (χ0n) is 9.39. The van der Waals surface area contributed by atoms with Crippen molar-refractivity contribution in [1.82, 2.24) is 5.32 Å². The number of alkyl halides is 3. The molecule has 0 spiro atoms. The zero-order chi connectivity index (χ0) is 13.1. The van der Waals surface area contributed by atoms with Crippen molar-refractivity contribution < 1.29 is 27.5 Å². The van der Waals surface area contributed by atoms with E-state index in [0.717, 1.165) is 0 Å². The van der Waals surface area contributed by atoms with Crippen molar-refractivity contribution in [2.75, 3.05) is 13.8 Å². The zero-order valence-corrected chi connectivity index (χ0v) is 9.39. The van der Waals surface area contributed by atoms with Gasteiger partial charge in [-0.3, -0.25) is 9.59 Å². The lowest BCUT2D eigenvalue weighted by atomic mass is 9.72. The first-order valence-electron chi connectivity index (χ1n) is 5.19. The van der Waals surface area contributed by atoms with Crippen LogP contribution in [-0.2, 0) is 14.3 Å². The summed E-state index contributed by atoms with van der Waals surface area (Å²) in [4.78, 5) is 22.6. The van der Waals surface area contributed by atoms with Gasteiger partial charge in [-0.25, -0.2) is 0 Å². The van der Waals surface area contributed by atoms with Crippen LogP contribution in [0.4, 0.5) is 13.2 Å². The Labute approximate surface area is 96.5 Å². The van der Waals surface area contributed by atoms with Gasteiger partial charge >= 0.3 is 6.18 Å². The Bertz CT molecular complexity index is 304. The Morgan fingerprint density at radius 3 is 2.35 bits per heavy atom. The number of hydrogen-bond acceptors (Lipinski definition) is 3. The monoisotopic (exact) mass is 253 g/mol. The van der Waals surface area contributed by atoms with Gasteiger partial charge in [0.1, 0.15) is 17.9 Å². The van der Waals surface area contributed by atoms with Gasteiger partial charge in [-0.05, 0) is 12.8 Å². The van der Waals surface area contributed by atoms with Crippen molar-refractivity contribution in [1.29, 1.82) is 0 Å². The fourth-order valence-corrected chi connectivity index (χ4v) is 1.90. The normalized spacial score (nSPS) is 20.1. The van der Waals surface area contributed by atoms with E-state index in [1.165, 1.54) is 7.11 Å². The molecule has 1 amide bonds. The van der Waals surface area contributed by atoms with Crippen LogP contribution in [0, 0.1) is 5.41 Å². The molecule has 17 heavy (non-hydrogen) atoms. The fraction of sp³-hybridized carbons (Fsp3) is 0.800. The van der Waals surface area contributed by atoms with Crippen LogP contribution in [0.1, 0.15) is 25.7 Å². The van der Waals surface area contributed by atoms with Crippen molar-refractivity contribution in [3.63, 3.8) is 0 Å². The summed E-state index contributed by atoms with van der Waals surface area (Å²) in [7, 11) is 1.27. The number of rotatable bonds is 3. The molecule has 7 heteroatoms. The van der Waals surface area contributed by atoms with E-state index in [-0.39, 0.29) is 25.4 Å². The largest absolute Gasteiger partial charge is 0.403 e. The number of halogens is 3. The van der Waals surface area contributed by atoms with E-state index in [1.54, 1.807) is 0 Å². The van der Waals surface area contributed by atoms with Crippen LogP contribution >= 0.6 is 0 Å². The number of carbonyl (C=O) groups is 2. The molecule has 1 aliphatic carbocycles. The summed E-state index contributed by atoms with van der Waals surface area (Å²) in [5.41, 5.74) is -2.44. The summed E-state index contributed by atoms with van der Waals surface area (Å²) in [6.07, 6.45) is -6.03. The molecule has 0 aromatic carbocycles. The third kappa shape index (κ3) is 2.77. The van der Waals surface area contributed by atoms with Crippen LogP contribution in [0.25, 0.3) is 0 Å². The molecule has 1 saturated carbocycles. The highest BCUT2D eigenvalue weighted by Crippen LogP contribution is 2.48. The lowest BCUT2D eigenvalue weighted by molar-refractivity contribution is -0.229. The molecule has 1 N–H and O–H groups in total. The number of Topliss-reactive ketones (excluding diaryl/α,β-unsaturated/α-hetero) is 1. The molecule has 0 unspecified atom stereocenters. The van der Waals surface area contributed by atoms with E-state index in [2.05, 4.69) is 10.1 Å². The van der Waals surface area contributed by atoms with E-state index in [9.17, 15) is 22.8 Å². The Kier molecular flexibility index (Phi) is 4.13. The number of nitrogens with one attached hydrogen (secondary N) is 1. The Balaban J connectivity index is 2.87. The van der Waals surface area contributed by atoms with Gasteiger partial charge in [0.05, 0.1) is 0 Å². The van der Waals surface area contributed by atoms with Crippen LogP contribution in [0.5, 0.6) is 0 Å². The first-order chi connectivity index (χ1) is 7.83. The minimum absolute atomic E-state index is 0.208. The van der Waals surface area contributed by atoms with Gasteiger partial charge in [-0.15, -0.1) is 0 Å². The van der Waals surface area contributed by atoms with Crippen molar-refractivity contribution in [3.05, 3.63) is 0 Å². The van der Waals surface area contributed by atoms with E-state index in [0.29, 0.717) is 0 Å². The maximum atomic E-state index is 13.0. The second-order valence-corrected chi connectivity index (χ2v) is 4.06. The third-order valence-corrected chi connectivity index (χ3v) is 3.02. The van der Waals surface area contributed by atoms with Crippen LogP contribution < -0.4 is 5.32 Å². The molecule has 0 atom stereocenters. The predicted octanol–water partition coefficient (Wildman–Crippen LogP) is 1.40. The second kappa shape index (κ2) is 5.03. The molecule has 0 heterocycles. The number of amides is 1. The SMILES string of the molecule is COCNC(=O)C1(C(F)(F)F)CCC(=O)CC1. The lowest BCUT2D eigenvalue weighted by Crippen LogP contribution is -2.53. The summed E-state index contributed by atoms with van der Waals surface area (Å²) in [6.45, 7) is -0.273. The quantitative estimate of drug-likeness (QED) is 0.773. The second-order valence-electron chi connectivity index (χ2n) is 4.06. The maximum Gasteiger partial charge on any atom is 0.403 e.